The number of fused-ring (bicyclic) bond motifs is 1. The molecular formula is C14H22N4O2. The Labute approximate surface area is 119 Å². The standard InChI is InChI=1S/C14H22N4O2/c15-6-10-8-17-4-5-18(10)12-2-1-3-13-14(12)20-11(7-16)9-19-13/h1-3,10-11,17H,4-9,15-16H2. The van der Waals surface area contributed by atoms with Crippen molar-refractivity contribution in [3.8, 4) is 11.5 Å². The molecule has 1 aromatic carbocycles. The minimum absolute atomic E-state index is 0.0807. The molecule has 6 nitrogen and oxygen atoms in total. The Morgan fingerprint density at radius 3 is 3.00 bits per heavy atom. The number of hydrogen-bond donors (Lipinski definition) is 3. The summed E-state index contributed by atoms with van der Waals surface area (Å²) < 4.78 is 11.8. The molecule has 3 rings (SSSR count). The van der Waals surface area contributed by atoms with Crippen LogP contribution in [0.4, 0.5) is 5.69 Å². The molecule has 2 aliphatic heterocycles. The van der Waals surface area contributed by atoms with Crippen molar-refractivity contribution in [2.75, 3.05) is 44.2 Å². The summed E-state index contributed by atoms with van der Waals surface area (Å²) in [5.74, 6) is 1.59. The summed E-state index contributed by atoms with van der Waals surface area (Å²) in [7, 11) is 0. The monoisotopic (exact) mass is 278 g/mol. The third-order valence-electron chi connectivity index (χ3n) is 3.86. The lowest BCUT2D eigenvalue weighted by Crippen LogP contribution is -2.54. The van der Waals surface area contributed by atoms with E-state index in [1.807, 2.05) is 12.1 Å². The number of rotatable bonds is 3. The van der Waals surface area contributed by atoms with E-state index in [4.69, 9.17) is 20.9 Å². The summed E-state index contributed by atoms with van der Waals surface area (Å²) >= 11 is 0. The molecule has 110 valence electrons. The highest BCUT2D eigenvalue weighted by Crippen LogP contribution is 2.41. The van der Waals surface area contributed by atoms with Gasteiger partial charge in [-0.1, -0.05) is 6.07 Å². The Balaban J connectivity index is 1.93. The van der Waals surface area contributed by atoms with Gasteiger partial charge in [0.25, 0.3) is 0 Å². The second kappa shape index (κ2) is 5.87. The van der Waals surface area contributed by atoms with Crippen LogP contribution in [-0.4, -0.2) is 51.5 Å². The molecule has 0 radical (unpaired) electrons. The van der Waals surface area contributed by atoms with Gasteiger partial charge in [0.2, 0.25) is 0 Å². The van der Waals surface area contributed by atoms with Gasteiger partial charge in [0.15, 0.2) is 11.5 Å². The summed E-state index contributed by atoms with van der Waals surface area (Å²) in [6, 6.07) is 6.27. The van der Waals surface area contributed by atoms with Crippen LogP contribution in [0.5, 0.6) is 11.5 Å². The first-order valence-electron chi connectivity index (χ1n) is 7.13. The predicted molar refractivity (Wildman–Crippen MR) is 78.5 cm³/mol. The third kappa shape index (κ3) is 2.42. The molecule has 2 unspecified atom stereocenters. The van der Waals surface area contributed by atoms with Crippen molar-refractivity contribution in [2.24, 2.45) is 11.5 Å². The van der Waals surface area contributed by atoms with E-state index >= 15 is 0 Å². The SMILES string of the molecule is NCC1COc2cccc(N3CCNCC3CN)c2O1. The number of piperazine rings is 1. The van der Waals surface area contributed by atoms with Crippen molar-refractivity contribution >= 4 is 5.69 Å². The van der Waals surface area contributed by atoms with Crippen LogP contribution in [0.15, 0.2) is 18.2 Å². The highest BCUT2D eigenvalue weighted by Gasteiger charge is 2.28. The fourth-order valence-electron chi connectivity index (χ4n) is 2.75. The summed E-state index contributed by atoms with van der Waals surface area (Å²) in [6.45, 7) is 4.32. The zero-order chi connectivity index (χ0) is 13.9. The van der Waals surface area contributed by atoms with E-state index in [9.17, 15) is 0 Å². The minimum atomic E-state index is -0.0807. The molecule has 2 aliphatic rings. The maximum atomic E-state index is 6.01. The first-order valence-corrected chi connectivity index (χ1v) is 7.13. The number of nitrogens with one attached hydrogen (secondary N) is 1. The number of hydrogen-bond acceptors (Lipinski definition) is 6. The molecular weight excluding hydrogens is 256 g/mol. The van der Waals surface area contributed by atoms with Crippen LogP contribution in [0.25, 0.3) is 0 Å². The minimum Gasteiger partial charge on any atom is -0.486 e. The van der Waals surface area contributed by atoms with Gasteiger partial charge >= 0.3 is 0 Å². The van der Waals surface area contributed by atoms with Gasteiger partial charge < -0.3 is 31.2 Å². The van der Waals surface area contributed by atoms with Crippen LogP contribution >= 0.6 is 0 Å². The van der Waals surface area contributed by atoms with Crippen molar-refractivity contribution in [1.82, 2.24) is 5.32 Å². The average molecular weight is 278 g/mol. The smallest absolute Gasteiger partial charge is 0.185 e. The maximum absolute atomic E-state index is 6.01. The number of benzene rings is 1. The first-order chi connectivity index (χ1) is 9.83. The molecule has 1 aromatic rings. The van der Waals surface area contributed by atoms with Gasteiger partial charge in [-0.15, -0.1) is 0 Å². The molecule has 20 heavy (non-hydrogen) atoms. The Bertz CT molecular complexity index is 468. The van der Waals surface area contributed by atoms with E-state index in [0.29, 0.717) is 19.7 Å². The van der Waals surface area contributed by atoms with Gasteiger partial charge in [0, 0.05) is 32.7 Å². The summed E-state index contributed by atoms with van der Waals surface area (Å²) in [4.78, 5) is 2.30. The van der Waals surface area contributed by atoms with Crippen LogP contribution < -0.4 is 31.2 Å². The second-order valence-corrected chi connectivity index (χ2v) is 5.18. The summed E-state index contributed by atoms with van der Waals surface area (Å²) in [6.07, 6.45) is -0.0807. The van der Waals surface area contributed by atoms with Crippen LogP contribution in [-0.2, 0) is 0 Å². The number of ether oxygens (including phenoxy) is 2. The van der Waals surface area contributed by atoms with Crippen molar-refractivity contribution in [3.63, 3.8) is 0 Å². The van der Waals surface area contributed by atoms with Crippen molar-refractivity contribution < 1.29 is 9.47 Å². The average Bonchev–Trinajstić information content (AvgIpc) is 2.53. The largest absolute Gasteiger partial charge is 0.486 e. The molecule has 1 fully saturated rings. The third-order valence-corrected chi connectivity index (χ3v) is 3.86. The summed E-state index contributed by atoms with van der Waals surface area (Å²) in [5.41, 5.74) is 12.6. The lowest BCUT2D eigenvalue weighted by molar-refractivity contribution is 0.0972. The van der Waals surface area contributed by atoms with Gasteiger partial charge in [-0.25, -0.2) is 0 Å². The van der Waals surface area contributed by atoms with Gasteiger partial charge in [0.05, 0.1) is 11.7 Å². The Kier molecular flexibility index (Phi) is 3.95. The quantitative estimate of drug-likeness (QED) is 0.692. The Morgan fingerprint density at radius 2 is 2.20 bits per heavy atom. The summed E-state index contributed by atoms with van der Waals surface area (Å²) in [5, 5.41) is 3.37. The van der Waals surface area contributed by atoms with Gasteiger partial charge in [-0.2, -0.15) is 0 Å². The van der Waals surface area contributed by atoms with E-state index in [0.717, 1.165) is 36.8 Å². The fraction of sp³-hybridized carbons (Fsp3) is 0.571. The Morgan fingerprint density at radius 1 is 1.30 bits per heavy atom. The van der Waals surface area contributed by atoms with Crippen LogP contribution in [0.1, 0.15) is 0 Å². The molecule has 0 aliphatic carbocycles. The van der Waals surface area contributed by atoms with Crippen LogP contribution in [0.3, 0.4) is 0 Å². The van der Waals surface area contributed by atoms with E-state index < -0.39 is 0 Å². The molecule has 0 spiro atoms. The zero-order valence-corrected chi connectivity index (χ0v) is 11.5. The maximum Gasteiger partial charge on any atom is 0.185 e. The topological polar surface area (TPSA) is 85.8 Å². The zero-order valence-electron chi connectivity index (χ0n) is 11.5. The second-order valence-electron chi connectivity index (χ2n) is 5.18. The predicted octanol–water partition coefficient (Wildman–Crippen LogP) is -0.478. The van der Waals surface area contributed by atoms with Gasteiger partial charge in [-0.05, 0) is 12.1 Å². The van der Waals surface area contributed by atoms with Crippen LogP contribution in [0.2, 0.25) is 0 Å². The molecule has 0 amide bonds. The highest BCUT2D eigenvalue weighted by atomic mass is 16.6. The normalized spacial score (nSPS) is 25.6. The molecule has 2 heterocycles. The van der Waals surface area contributed by atoms with Crippen molar-refractivity contribution in [1.29, 1.82) is 0 Å². The first kappa shape index (κ1) is 13.5. The number of anilines is 1. The number of nitrogens with zero attached hydrogens (tertiary/aromatic N) is 1. The Hall–Kier alpha value is -1.50. The number of nitrogens with two attached hydrogens (primary N) is 2. The molecule has 5 N–H and O–H groups in total. The molecule has 0 saturated carbocycles. The van der Waals surface area contributed by atoms with E-state index in [2.05, 4.69) is 16.3 Å². The molecule has 0 bridgehead atoms. The van der Waals surface area contributed by atoms with E-state index in [1.54, 1.807) is 0 Å². The van der Waals surface area contributed by atoms with Crippen molar-refractivity contribution in [3.05, 3.63) is 18.2 Å². The van der Waals surface area contributed by atoms with Gasteiger partial charge in [-0.3, -0.25) is 0 Å². The molecule has 6 heteroatoms. The fourth-order valence-corrected chi connectivity index (χ4v) is 2.75. The molecule has 1 saturated heterocycles. The van der Waals surface area contributed by atoms with Crippen LogP contribution in [0, 0.1) is 0 Å². The molecule has 0 aromatic heterocycles. The van der Waals surface area contributed by atoms with Gasteiger partial charge in [0.1, 0.15) is 12.7 Å². The molecule has 2 atom stereocenters. The van der Waals surface area contributed by atoms with E-state index in [-0.39, 0.29) is 12.1 Å². The van der Waals surface area contributed by atoms with E-state index in [1.165, 1.54) is 0 Å². The lowest BCUT2D eigenvalue weighted by atomic mass is 10.1. The lowest BCUT2D eigenvalue weighted by Gasteiger charge is -2.39. The number of para-hydroxylation sites is 1. The highest BCUT2D eigenvalue weighted by molar-refractivity contribution is 5.66. The van der Waals surface area contributed by atoms with Crippen molar-refractivity contribution in [2.45, 2.75) is 12.1 Å².